The molecule has 4 aliphatic rings. The lowest BCUT2D eigenvalue weighted by Crippen LogP contribution is -2.63. The Morgan fingerprint density at radius 1 is 1.21 bits per heavy atom. The number of carboxylic acid groups (broad SMARTS) is 1. The van der Waals surface area contributed by atoms with E-state index in [1.165, 1.54) is 17.7 Å². The summed E-state index contributed by atoms with van der Waals surface area (Å²) in [6.07, 6.45) is 13.0. The number of epoxide rings is 1. The summed E-state index contributed by atoms with van der Waals surface area (Å²) in [5, 5.41) is 8.54. The Morgan fingerprint density at radius 3 is 2.55 bits per heavy atom. The highest BCUT2D eigenvalue weighted by atomic mass is 16.6. The molecule has 1 saturated carbocycles. The van der Waals surface area contributed by atoms with Gasteiger partial charge in [0.05, 0.1) is 18.8 Å². The van der Waals surface area contributed by atoms with Crippen LogP contribution < -0.4 is 0 Å². The van der Waals surface area contributed by atoms with Crippen molar-refractivity contribution in [3.05, 3.63) is 48.1 Å². The van der Waals surface area contributed by atoms with Gasteiger partial charge in [-0.05, 0) is 19.8 Å². The number of hydrogen-bond donors (Lipinski definition) is 1. The summed E-state index contributed by atoms with van der Waals surface area (Å²) in [5.41, 5.74) is 0.525. The topological polar surface area (TPSA) is 85.4 Å². The molecule has 6 nitrogen and oxygen atoms in total. The molecule has 2 aliphatic heterocycles. The molecule has 0 radical (unpaired) electrons. The van der Waals surface area contributed by atoms with E-state index in [1.54, 1.807) is 18.2 Å². The predicted molar refractivity (Wildman–Crippen MR) is 106 cm³/mol. The third-order valence-electron chi connectivity index (χ3n) is 7.59. The van der Waals surface area contributed by atoms with Crippen LogP contribution in [0.15, 0.2) is 48.1 Å². The predicted octanol–water partition coefficient (Wildman–Crippen LogP) is 3.34. The fourth-order valence-electron chi connectivity index (χ4n) is 5.60. The molecule has 6 heteroatoms. The standard InChI is InChI=1S/C23H28O6/c1-15-10-11-21(2)16(12-15)28-18-13-17(22(21,3)23(18)14-27-23)29-20(26)9-7-5-4-6-8-19(24)25/h4-9,12,16-18H,10-11,13-14H2,1-3H3,(H,24,25)/t16-,17-,18-,21+,22-,23+/m1/s1. The molecule has 0 amide bonds. The summed E-state index contributed by atoms with van der Waals surface area (Å²) in [5.74, 6) is -1.43. The minimum Gasteiger partial charge on any atom is -0.478 e. The third kappa shape index (κ3) is 3.01. The summed E-state index contributed by atoms with van der Waals surface area (Å²) < 4.78 is 18.4. The Bertz CT molecular complexity index is 832. The van der Waals surface area contributed by atoms with E-state index in [2.05, 4.69) is 26.8 Å². The lowest BCUT2D eigenvalue weighted by Gasteiger charge is -2.57. The summed E-state index contributed by atoms with van der Waals surface area (Å²) >= 11 is 0. The largest absolute Gasteiger partial charge is 0.478 e. The number of esters is 1. The molecule has 1 N–H and O–H groups in total. The van der Waals surface area contributed by atoms with Crippen molar-refractivity contribution >= 4 is 11.9 Å². The lowest BCUT2D eigenvalue weighted by molar-refractivity contribution is -0.209. The SMILES string of the molecule is CC1=C[C@H]2O[C@@H]3C[C@@H](OC(=O)C=CC=CC=CC(=O)O)[C@](C)([C@@]2(C)CC1)[C@]31CO1. The van der Waals surface area contributed by atoms with Crippen LogP contribution in [0.3, 0.4) is 0 Å². The molecule has 3 fully saturated rings. The minimum atomic E-state index is -1.02. The van der Waals surface area contributed by atoms with Crippen LogP contribution in [0.25, 0.3) is 0 Å². The van der Waals surface area contributed by atoms with Crippen LogP contribution >= 0.6 is 0 Å². The van der Waals surface area contributed by atoms with Crippen molar-refractivity contribution < 1.29 is 28.9 Å². The van der Waals surface area contributed by atoms with Crippen LogP contribution in [0.4, 0.5) is 0 Å². The van der Waals surface area contributed by atoms with E-state index in [1.807, 2.05) is 0 Å². The van der Waals surface area contributed by atoms with Crippen molar-refractivity contribution in [2.75, 3.05) is 6.61 Å². The van der Waals surface area contributed by atoms with Gasteiger partial charge in [0.1, 0.15) is 11.7 Å². The average Bonchev–Trinajstić information content (AvgIpc) is 3.43. The molecule has 1 spiro atoms. The molecule has 2 aliphatic carbocycles. The molecular formula is C23H28O6. The van der Waals surface area contributed by atoms with Gasteiger partial charge in [0.15, 0.2) is 0 Å². The number of fused-ring (bicyclic) bond motifs is 2. The molecule has 0 aromatic carbocycles. The highest BCUT2D eigenvalue weighted by molar-refractivity contribution is 5.82. The van der Waals surface area contributed by atoms with Gasteiger partial charge in [0.25, 0.3) is 0 Å². The first-order valence-corrected chi connectivity index (χ1v) is 10.1. The number of carbonyl (C=O) groups excluding carboxylic acids is 1. The minimum absolute atomic E-state index is 0.0178. The summed E-state index contributed by atoms with van der Waals surface area (Å²) in [6.45, 7) is 7.26. The van der Waals surface area contributed by atoms with Gasteiger partial charge in [-0.3, -0.25) is 0 Å². The molecular weight excluding hydrogens is 372 g/mol. The van der Waals surface area contributed by atoms with E-state index in [0.29, 0.717) is 13.0 Å². The van der Waals surface area contributed by atoms with Crippen molar-refractivity contribution in [1.82, 2.24) is 0 Å². The zero-order valence-electron chi connectivity index (χ0n) is 17.1. The van der Waals surface area contributed by atoms with Crippen LogP contribution in [0, 0.1) is 10.8 Å². The van der Waals surface area contributed by atoms with Gasteiger partial charge < -0.3 is 19.3 Å². The maximum absolute atomic E-state index is 12.5. The summed E-state index contributed by atoms with van der Waals surface area (Å²) in [7, 11) is 0. The quantitative estimate of drug-likeness (QED) is 0.250. The van der Waals surface area contributed by atoms with Gasteiger partial charge >= 0.3 is 11.9 Å². The molecule has 2 saturated heterocycles. The normalized spacial score (nSPS) is 43.1. The molecule has 2 bridgehead atoms. The molecule has 0 unspecified atom stereocenters. The molecule has 156 valence electrons. The van der Waals surface area contributed by atoms with Crippen LogP contribution in [0.1, 0.15) is 40.0 Å². The first kappa shape index (κ1) is 20.1. The van der Waals surface area contributed by atoms with Gasteiger partial charge in [-0.15, -0.1) is 0 Å². The Kier molecular flexibility index (Phi) is 4.82. The average molecular weight is 400 g/mol. The second-order valence-electron chi connectivity index (χ2n) is 8.96. The Morgan fingerprint density at radius 2 is 1.90 bits per heavy atom. The molecule has 6 atom stereocenters. The zero-order chi connectivity index (χ0) is 20.9. The highest BCUT2D eigenvalue weighted by Gasteiger charge is 2.81. The number of allylic oxidation sites excluding steroid dienone is 5. The highest BCUT2D eigenvalue weighted by Crippen LogP contribution is 2.71. The number of hydrogen-bond acceptors (Lipinski definition) is 5. The van der Waals surface area contributed by atoms with Crippen molar-refractivity contribution in [3.63, 3.8) is 0 Å². The molecule has 2 heterocycles. The van der Waals surface area contributed by atoms with Crippen molar-refractivity contribution in [2.45, 2.75) is 63.9 Å². The van der Waals surface area contributed by atoms with Gasteiger partial charge in [0.2, 0.25) is 0 Å². The first-order chi connectivity index (χ1) is 13.7. The van der Waals surface area contributed by atoms with Gasteiger partial charge in [-0.2, -0.15) is 0 Å². The van der Waals surface area contributed by atoms with E-state index in [0.717, 1.165) is 18.9 Å². The number of rotatable bonds is 5. The summed E-state index contributed by atoms with van der Waals surface area (Å²) in [6, 6.07) is 0. The maximum Gasteiger partial charge on any atom is 0.331 e. The van der Waals surface area contributed by atoms with Crippen LogP contribution in [-0.4, -0.2) is 47.6 Å². The smallest absolute Gasteiger partial charge is 0.331 e. The Hall–Kier alpha value is -2.18. The van der Waals surface area contributed by atoms with E-state index in [9.17, 15) is 9.59 Å². The van der Waals surface area contributed by atoms with Gasteiger partial charge in [-0.1, -0.05) is 49.8 Å². The van der Waals surface area contributed by atoms with Crippen molar-refractivity contribution in [3.8, 4) is 0 Å². The van der Waals surface area contributed by atoms with Gasteiger partial charge in [0, 0.05) is 29.4 Å². The van der Waals surface area contributed by atoms with Crippen LogP contribution in [0.5, 0.6) is 0 Å². The number of aliphatic carboxylic acids is 1. The number of carbonyl (C=O) groups is 2. The Balaban J connectivity index is 1.51. The fourth-order valence-corrected chi connectivity index (χ4v) is 5.60. The molecule has 0 aromatic heterocycles. The maximum atomic E-state index is 12.5. The third-order valence-corrected chi connectivity index (χ3v) is 7.59. The van der Waals surface area contributed by atoms with Crippen LogP contribution in [0.2, 0.25) is 0 Å². The summed E-state index contributed by atoms with van der Waals surface area (Å²) in [4.78, 5) is 22.9. The second-order valence-corrected chi connectivity index (χ2v) is 8.96. The monoisotopic (exact) mass is 400 g/mol. The zero-order valence-corrected chi connectivity index (χ0v) is 17.1. The van der Waals surface area contributed by atoms with Crippen molar-refractivity contribution in [2.24, 2.45) is 10.8 Å². The van der Waals surface area contributed by atoms with E-state index in [4.69, 9.17) is 19.3 Å². The van der Waals surface area contributed by atoms with Gasteiger partial charge in [-0.25, -0.2) is 9.59 Å². The molecule has 0 aromatic rings. The fraction of sp³-hybridized carbons (Fsp3) is 0.565. The molecule has 4 rings (SSSR count). The number of carboxylic acids is 1. The van der Waals surface area contributed by atoms with E-state index < -0.39 is 11.9 Å². The molecule has 29 heavy (non-hydrogen) atoms. The Labute approximate surface area is 170 Å². The van der Waals surface area contributed by atoms with E-state index in [-0.39, 0.29) is 34.7 Å². The van der Waals surface area contributed by atoms with Crippen molar-refractivity contribution in [1.29, 1.82) is 0 Å². The second kappa shape index (κ2) is 6.96. The lowest BCUT2D eigenvalue weighted by atomic mass is 9.52. The van der Waals surface area contributed by atoms with Crippen LogP contribution in [-0.2, 0) is 23.8 Å². The first-order valence-electron chi connectivity index (χ1n) is 10.1. The van der Waals surface area contributed by atoms with E-state index >= 15 is 0 Å². The number of ether oxygens (including phenoxy) is 3.